The maximum atomic E-state index is 14.0. The van der Waals surface area contributed by atoms with Crippen molar-refractivity contribution < 1.29 is 13.9 Å². The molecule has 1 N–H and O–H groups in total. The minimum Gasteiger partial charge on any atom is -0.385 e. The van der Waals surface area contributed by atoms with E-state index in [1.54, 1.807) is 6.07 Å². The fraction of sp³-hybridized carbons (Fsp3) is 0.600. The van der Waals surface area contributed by atoms with Crippen molar-refractivity contribution in [3.63, 3.8) is 0 Å². The molecule has 2 unspecified atom stereocenters. The van der Waals surface area contributed by atoms with E-state index in [4.69, 9.17) is 0 Å². The van der Waals surface area contributed by atoms with Crippen molar-refractivity contribution >= 4 is 0 Å². The van der Waals surface area contributed by atoms with E-state index in [0.717, 1.165) is 19.3 Å². The summed E-state index contributed by atoms with van der Waals surface area (Å²) < 4.78 is 27.6. The first-order chi connectivity index (χ1) is 8.48. The molecule has 1 aromatic carbocycles. The molecule has 0 radical (unpaired) electrons. The van der Waals surface area contributed by atoms with Gasteiger partial charge in [-0.2, -0.15) is 0 Å². The van der Waals surface area contributed by atoms with Crippen molar-refractivity contribution in [2.75, 3.05) is 0 Å². The van der Waals surface area contributed by atoms with Crippen LogP contribution in [0.3, 0.4) is 0 Å². The maximum Gasteiger partial charge on any atom is 0.165 e. The van der Waals surface area contributed by atoms with E-state index in [2.05, 4.69) is 6.92 Å². The number of aliphatic hydroxyl groups is 1. The molecule has 1 aliphatic rings. The average molecular weight is 254 g/mol. The van der Waals surface area contributed by atoms with Crippen molar-refractivity contribution in [2.24, 2.45) is 5.92 Å². The lowest BCUT2D eigenvalue weighted by Gasteiger charge is -2.37. The van der Waals surface area contributed by atoms with Gasteiger partial charge in [0.25, 0.3) is 0 Å². The highest BCUT2D eigenvalue weighted by molar-refractivity contribution is 5.30. The Labute approximate surface area is 107 Å². The molecule has 0 amide bonds. The molecule has 18 heavy (non-hydrogen) atoms. The van der Waals surface area contributed by atoms with Gasteiger partial charge in [-0.15, -0.1) is 0 Å². The van der Waals surface area contributed by atoms with Crippen LogP contribution in [0.25, 0.3) is 0 Å². The minimum atomic E-state index is -1.20. The van der Waals surface area contributed by atoms with Crippen LogP contribution in [-0.2, 0) is 5.60 Å². The molecule has 1 aliphatic carbocycles. The first-order valence-electron chi connectivity index (χ1n) is 6.65. The Morgan fingerprint density at radius 3 is 2.72 bits per heavy atom. The van der Waals surface area contributed by atoms with Crippen LogP contribution in [0.15, 0.2) is 12.1 Å². The maximum absolute atomic E-state index is 14.0. The summed E-state index contributed by atoms with van der Waals surface area (Å²) in [6.45, 7) is 3.60. The van der Waals surface area contributed by atoms with Gasteiger partial charge in [0.15, 0.2) is 11.6 Å². The summed E-state index contributed by atoms with van der Waals surface area (Å²) in [6, 6.07) is 3.08. The number of halogens is 2. The van der Waals surface area contributed by atoms with Gasteiger partial charge in [-0.25, -0.2) is 8.78 Å². The van der Waals surface area contributed by atoms with Crippen molar-refractivity contribution in [3.8, 4) is 0 Å². The Kier molecular flexibility index (Phi) is 3.71. The summed E-state index contributed by atoms with van der Waals surface area (Å²) in [6.07, 6.45) is 3.95. The molecule has 0 heterocycles. The predicted octanol–water partition coefficient (Wildman–Crippen LogP) is 4.06. The van der Waals surface area contributed by atoms with Gasteiger partial charge < -0.3 is 5.11 Å². The first-order valence-corrected chi connectivity index (χ1v) is 6.65. The van der Waals surface area contributed by atoms with Crippen LogP contribution < -0.4 is 0 Å². The summed E-state index contributed by atoms with van der Waals surface area (Å²) in [4.78, 5) is 0. The standard InChI is InChI=1S/C15H20F2O/c1-3-11-5-4-8-15(18,9-11)12-7-6-10(2)13(16)14(12)17/h6-7,11,18H,3-5,8-9H2,1-2H3. The molecule has 2 atom stereocenters. The lowest BCUT2D eigenvalue weighted by atomic mass is 9.73. The zero-order chi connectivity index (χ0) is 13.3. The molecule has 1 aromatic rings. The second kappa shape index (κ2) is 4.96. The van der Waals surface area contributed by atoms with Crippen molar-refractivity contribution in [2.45, 2.75) is 51.6 Å². The third-order valence-corrected chi connectivity index (χ3v) is 4.18. The van der Waals surface area contributed by atoms with E-state index < -0.39 is 17.2 Å². The van der Waals surface area contributed by atoms with Gasteiger partial charge in [-0.1, -0.05) is 31.9 Å². The van der Waals surface area contributed by atoms with E-state index >= 15 is 0 Å². The molecule has 0 aromatic heterocycles. The molecule has 0 saturated heterocycles. The van der Waals surface area contributed by atoms with E-state index in [9.17, 15) is 13.9 Å². The number of hydrogen-bond acceptors (Lipinski definition) is 1. The van der Waals surface area contributed by atoms with Crippen LogP contribution in [0.1, 0.15) is 50.2 Å². The van der Waals surface area contributed by atoms with Gasteiger partial charge in [0.2, 0.25) is 0 Å². The number of rotatable bonds is 2. The summed E-state index contributed by atoms with van der Waals surface area (Å²) in [5.41, 5.74) is -0.788. The Morgan fingerprint density at radius 2 is 2.06 bits per heavy atom. The normalized spacial score (nSPS) is 28.4. The molecule has 0 spiro atoms. The summed E-state index contributed by atoms with van der Waals surface area (Å²) in [5, 5.41) is 10.6. The Morgan fingerprint density at radius 1 is 1.33 bits per heavy atom. The highest BCUT2D eigenvalue weighted by atomic mass is 19.2. The first kappa shape index (κ1) is 13.5. The largest absolute Gasteiger partial charge is 0.385 e. The van der Waals surface area contributed by atoms with Gasteiger partial charge in [0.05, 0.1) is 5.60 Å². The molecule has 1 fully saturated rings. The molecule has 3 heteroatoms. The van der Waals surface area contributed by atoms with Crippen molar-refractivity contribution in [1.82, 2.24) is 0 Å². The molecule has 1 nitrogen and oxygen atoms in total. The number of aryl methyl sites for hydroxylation is 1. The molecular formula is C15H20F2O. The van der Waals surface area contributed by atoms with Gasteiger partial charge in [0, 0.05) is 5.56 Å². The lowest BCUT2D eigenvalue weighted by molar-refractivity contribution is -0.0249. The highest BCUT2D eigenvalue weighted by Gasteiger charge is 2.38. The van der Waals surface area contributed by atoms with E-state index in [1.807, 2.05) is 0 Å². The van der Waals surface area contributed by atoms with Crippen molar-refractivity contribution in [1.29, 1.82) is 0 Å². The monoisotopic (exact) mass is 254 g/mol. The molecule has 1 saturated carbocycles. The van der Waals surface area contributed by atoms with Crippen LogP contribution >= 0.6 is 0 Å². The predicted molar refractivity (Wildman–Crippen MR) is 67.2 cm³/mol. The quantitative estimate of drug-likeness (QED) is 0.843. The summed E-state index contributed by atoms with van der Waals surface area (Å²) >= 11 is 0. The van der Waals surface area contributed by atoms with Crippen LogP contribution in [0, 0.1) is 24.5 Å². The van der Waals surface area contributed by atoms with Crippen LogP contribution in [0.5, 0.6) is 0 Å². The van der Waals surface area contributed by atoms with E-state index in [0.29, 0.717) is 18.8 Å². The van der Waals surface area contributed by atoms with E-state index in [1.165, 1.54) is 13.0 Å². The molecule has 100 valence electrons. The van der Waals surface area contributed by atoms with Gasteiger partial charge in [-0.05, 0) is 37.7 Å². The SMILES string of the molecule is CCC1CCCC(O)(c2ccc(C)c(F)c2F)C1. The third-order valence-electron chi connectivity index (χ3n) is 4.18. The second-order valence-electron chi connectivity index (χ2n) is 5.46. The van der Waals surface area contributed by atoms with E-state index in [-0.39, 0.29) is 11.1 Å². The Balaban J connectivity index is 2.38. The summed E-state index contributed by atoms with van der Waals surface area (Å²) in [7, 11) is 0. The fourth-order valence-corrected chi connectivity index (χ4v) is 2.96. The van der Waals surface area contributed by atoms with Crippen LogP contribution in [0.4, 0.5) is 8.78 Å². The molecular weight excluding hydrogens is 234 g/mol. The number of benzene rings is 1. The fourth-order valence-electron chi connectivity index (χ4n) is 2.96. The van der Waals surface area contributed by atoms with Gasteiger partial charge >= 0.3 is 0 Å². The Bertz CT molecular complexity index is 444. The molecule has 2 rings (SSSR count). The zero-order valence-electron chi connectivity index (χ0n) is 11.0. The molecule has 0 bridgehead atoms. The van der Waals surface area contributed by atoms with Crippen LogP contribution in [0.2, 0.25) is 0 Å². The smallest absolute Gasteiger partial charge is 0.165 e. The zero-order valence-corrected chi connectivity index (χ0v) is 11.0. The third kappa shape index (κ3) is 2.28. The molecule has 0 aliphatic heterocycles. The lowest BCUT2D eigenvalue weighted by Crippen LogP contribution is -2.33. The van der Waals surface area contributed by atoms with Crippen LogP contribution in [-0.4, -0.2) is 5.11 Å². The topological polar surface area (TPSA) is 20.2 Å². The van der Waals surface area contributed by atoms with Gasteiger partial charge in [0.1, 0.15) is 0 Å². The van der Waals surface area contributed by atoms with Crippen molar-refractivity contribution in [3.05, 3.63) is 34.9 Å². The average Bonchev–Trinajstić information content (AvgIpc) is 2.35. The highest BCUT2D eigenvalue weighted by Crippen LogP contribution is 2.42. The second-order valence-corrected chi connectivity index (χ2v) is 5.46. The number of hydrogen-bond donors (Lipinski definition) is 1. The Hall–Kier alpha value is -0.960. The minimum absolute atomic E-state index is 0.128. The van der Waals surface area contributed by atoms with Gasteiger partial charge in [-0.3, -0.25) is 0 Å². The summed E-state index contributed by atoms with van der Waals surface area (Å²) in [5.74, 6) is -1.32.